The second-order valence-corrected chi connectivity index (χ2v) is 10.1. The molecule has 0 saturated heterocycles. The summed E-state index contributed by atoms with van der Waals surface area (Å²) in [7, 11) is 0. The van der Waals surface area contributed by atoms with Crippen molar-refractivity contribution >= 4 is 28.2 Å². The Morgan fingerprint density at radius 1 is 1.29 bits per heavy atom. The highest BCUT2D eigenvalue weighted by Gasteiger charge is 2.42. The average molecular weight is 447 g/mol. The number of aromatic nitrogens is 2. The first-order valence-electron chi connectivity index (χ1n) is 10.3. The smallest absolute Gasteiger partial charge is 0.341 e. The monoisotopic (exact) mass is 446 g/mol. The first-order chi connectivity index (χ1) is 14.4. The number of fused-ring (bicyclic) bond motifs is 1. The molecule has 0 unspecified atom stereocenters. The van der Waals surface area contributed by atoms with Gasteiger partial charge in [-0.3, -0.25) is 14.2 Å². The fourth-order valence-corrected chi connectivity index (χ4v) is 5.43. The first kappa shape index (κ1) is 23.1. The lowest BCUT2D eigenvalue weighted by Crippen LogP contribution is -2.55. The Morgan fingerprint density at radius 3 is 2.61 bits per heavy atom. The molecule has 168 valence electrons. The summed E-state index contributed by atoms with van der Waals surface area (Å²) in [6, 6.07) is 0. The van der Waals surface area contributed by atoms with Crippen LogP contribution in [0.2, 0.25) is 0 Å². The average Bonchev–Trinajstić information content (AvgIpc) is 2.99. The van der Waals surface area contributed by atoms with Crippen LogP contribution in [0.25, 0.3) is 0 Å². The van der Waals surface area contributed by atoms with E-state index < -0.39 is 11.9 Å². The molecular formula is C22H30N4O4S. The zero-order valence-electron chi connectivity index (χ0n) is 19.1. The van der Waals surface area contributed by atoms with E-state index in [1.54, 1.807) is 20.8 Å². The predicted molar refractivity (Wildman–Crippen MR) is 121 cm³/mol. The third-order valence-corrected chi connectivity index (χ3v) is 6.88. The van der Waals surface area contributed by atoms with Crippen LogP contribution < -0.4 is 16.2 Å². The zero-order chi connectivity index (χ0) is 23.1. The number of hydrogen-bond donors (Lipinski definition) is 2. The topological polar surface area (TPSA) is 102 Å². The summed E-state index contributed by atoms with van der Waals surface area (Å²) in [5.41, 5.74) is 1.59. The number of ether oxygens (including phenoxy) is 1. The SMILES string of the molecule is CCOC(=O)c1c(NC(=O)Cn2cnc(C)c(C)c2=O)sc2c1CC(C)(C)NC2(C)C. The minimum atomic E-state index is -0.450. The van der Waals surface area contributed by atoms with Crippen molar-refractivity contribution < 1.29 is 14.3 Å². The van der Waals surface area contributed by atoms with E-state index in [1.165, 1.54) is 22.2 Å². The number of thiophene rings is 1. The van der Waals surface area contributed by atoms with E-state index in [0.717, 1.165) is 10.4 Å². The van der Waals surface area contributed by atoms with Crippen molar-refractivity contribution in [3.8, 4) is 0 Å². The summed E-state index contributed by atoms with van der Waals surface area (Å²) in [6.07, 6.45) is 2.00. The van der Waals surface area contributed by atoms with Crippen LogP contribution in [0, 0.1) is 13.8 Å². The maximum Gasteiger partial charge on any atom is 0.341 e. The van der Waals surface area contributed by atoms with Crippen LogP contribution in [0.4, 0.5) is 5.00 Å². The molecule has 2 N–H and O–H groups in total. The van der Waals surface area contributed by atoms with Gasteiger partial charge in [-0.1, -0.05) is 0 Å². The second-order valence-electron chi connectivity index (χ2n) is 9.08. The molecule has 2 aromatic heterocycles. The highest BCUT2D eigenvalue weighted by atomic mass is 32.1. The van der Waals surface area contributed by atoms with Gasteiger partial charge in [0.2, 0.25) is 5.91 Å². The number of nitrogens with zero attached hydrogens (tertiary/aromatic N) is 2. The first-order valence-corrected chi connectivity index (χ1v) is 11.1. The number of rotatable bonds is 5. The van der Waals surface area contributed by atoms with Crippen molar-refractivity contribution in [2.24, 2.45) is 0 Å². The Hall–Kier alpha value is -2.52. The Labute approximate surface area is 186 Å². The third kappa shape index (κ3) is 4.57. The molecule has 0 fully saturated rings. The van der Waals surface area contributed by atoms with Crippen LogP contribution in [-0.2, 0) is 28.0 Å². The highest BCUT2D eigenvalue weighted by molar-refractivity contribution is 7.17. The van der Waals surface area contributed by atoms with Crippen molar-refractivity contribution in [2.75, 3.05) is 11.9 Å². The molecule has 1 aliphatic rings. The predicted octanol–water partition coefficient (Wildman–Crippen LogP) is 2.90. The zero-order valence-corrected chi connectivity index (χ0v) is 20.0. The van der Waals surface area contributed by atoms with Crippen LogP contribution in [-0.4, -0.2) is 33.6 Å². The summed E-state index contributed by atoms with van der Waals surface area (Å²) >= 11 is 1.37. The molecule has 3 heterocycles. The molecule has 3 rings (SSSR count). The van der Waals surface area contributed by atoms with Crippen molar-refractivity contribution in [1.29, 1.82) is 0 Å². The van der Waals surface area contributed by atoms with Gasteiger partial charge in [-0.15, -0.1) is 11.3 Å². The number of anilines is 1. The number of nitrogens with one attached hydrogen (secondary N) is 2. The number of amides is 1. The molecule has 31 heavy (non-hydrogen) atoms. The van der Waals surface area contributed by atoms with Crippen LogP contribution in [0.5, 0.6) is 0 Å². The lowest BCUT2D eigenvalue weighted by Gasteiger charge is -2.42. The Kier molecular flexibility index (Phi) is 6.12. The summed E-state index contributed by atoms with van der Waals surface area (Å²) in [5.74, 6) is -0.852. The molecule has 0 atom stereocenters. The third-order valence-electron chi connectivity index (χ3n) is 5.41. The Bertz CT molecular complexity index is 1100. The van der Waals surface area contributed by atoms with Crippen molar-refractivity contribution in [2.45, 2.75) is 72.5 Å². The quantitative estimate of drug-likeness (QED) is 0.685. The van der Waals surface area contributed by atoms with E-state index in [9.17, 15) is 14.4 Å². The second kappa shape index (κ2) is 8.20. The molecule has 1 amide bonds. The largest absolute Gasteiger partial charge is 0.462 e. The van der Waals surface area contributed by atoms with E-state index in [0.29, 0.717) is 28.2 Å². The highest BCUT2D eigenvalue weighted by Crippen LogP contribution is 2.45. The van der Waals surface area contributed by atoms with Gasteiger partial charge >= 0.3 is 5.97 Å². The fourth-order valence-electron chi connectivity index (χ4n) is 4.14. The van der Waals surface area contributed by atoms with Gasteiger partial charge in [0.25, 0.3) is 5.56 Å². The number of carbonyl (C=O) groups excluding carboxylic acids is 2. The van der Waals surface area contributed by atoms with E-state index in [2.05, 4.69) is 43.3 Å². The molecule has 0 saturated carbocycles. The molecule has 0 radical (unpaired) electrons. The molecule has 0 spiro atoms. The summed E-state index contributed by atoms with van der Waals surface area (Å²) in [6.45, 7) is 13.5. The molecule has 2 aromatic rings. The van der Waals surface area contributed by atoms with Gasteiger partial charge in [0.05, 0.1) is 18.5 Å². The minimum Gasteiger partial charge on any atom is -0.462 e. The molecule has 9 heteroatoms. The molecular weight excluding hydrogens is 416 g/mol. The van der Waals surface area contributed by atoms with Gasteiger partial charge in [0.15, 0.2) is 0 Å². The Morgan fingerprint density at radius 2 is 1.97 bits per heavy atom. The van der Waals surface area contributed by atoms with Crippen molar-refractivity contribution in [3.05, 3.63) is 43.9 Å². The van der Waals surface area contributed by atoms with Crippen LogP contribution in [0.15, 0.2) is 11.1 Å². The molecule has 1 aliphatic heterocycles. The molecule has 8 nitrogen and oxygen atoms in total. The van der Waals surface area contributed by atoms with E-state index in [4.69, 9.17) is 4.74 Å². The maximum absolute atomic E-state index is 12.8. The van der Waals surface area contributed by atoms with Crippen molar-refractivity contribution in [3.63, 3.8) is 0 Å². The van der Waals surface area contributed by atoms with Crippen LogP contribution in [0.1, 0.15) is 66.7 Å². The van der Waals surface area contributed by atoms with Crippen LogP contribution in [0.3, 0.4) is 0 Å². The van der Waals surface area contributed by atoms with Crippen LogP contribution >= 0.6 is 11.3 Å². The molecule has 0 aliphatic carbocycles. The number of aryl methyl sites for hydroxylation is 1. The summed E-state index contributed by atoms with van der Waals surface area (Å²) < 4.78 is 6.58. The molecule has 0 bridgehead atoms. The van der Waals surface area contributed by atoms with E-state index in [-0.39, 0.29) is 29.8 Å². The van der Waals surface area contributed by atoms with E-state index in [1.807, 2.05) is 0 Å². The molecule has 0 aromatic carbocycles. The van der Waals surface area contributed by atoms with Gasteiger partial charge in [-0.2, -0.15) is 0 Å². The van der Waals surface area contributed by atoms with Gasteiger partial charge in [-0.25, -0.2) is 9.78 Å². The fraction of sp³-hybridized carbons (Fsp3) is 0.545. The number of hydrogen-bond acceptors (Lipinski definition) is 7. The summed E-state index contributed by atoms with van der Waals surface area (Å²) in [4.78, 5) is 43.2. The number of esters is 1. The van der Waals surface area contributed by atoms with Gasteiger partial charge in [0, 0.05) is 27.2 Å². The lowest BCUT2D eigenvalue weighted by molar-refractivity contribution is -0.116. The van der Waals surface area contributed by atoms with Gasteiger partial charge < -0.3 is 15.4 Å². The summed E-state index contributed by atoms with van der Waals surface area (Å²) in [5, 5.41) is 6.90. The van der Waals surface area contributed by atoms with E-state index >= 15 is 0 Å². The number of carbonyl (C=O) groups is 2. The van der Waals surface area contributed by atoms with Gasteiger partial charge in [0.1, 0.15) is 11.5 Å². The lowest BCUT2D eigenvalue weighted by atomic mass is 9.81. The normalized spacial score (nSPS) is 16.5. The van der Waals surface area contributed by atoms with Crippen molar-refractivity contribution in [1.82, 2.24) is 14.9 Å². The standard InChI is InChI=1S/C22H30N4O4S/c1-8-30-20(29)16-14-9-21(4,5)25-22(6,7)17(14)31-18(16)24-15(27)10-26-11-23-13(3)12(2)19(26)28/h11,25H,8-10H2,1-7H3,(H,24,27). The maximum atomic E-state index is 12.8. The Balaban J connectivity index is 1.99. The minimum absolute atomic E-state index is 0.190. The van der Waals surface area contributed by atoms with Gasteiger partial charge in [-0.05, 0) is 60.5 Å².